The van der Waals surface area contributed by atoms with Crippen molar-refractivity contribution < 1.29 is 4.79 Å². The third-order valence-electron chi connectivity index (χ3n) is 2.60. The van der Waals surface area contributed by atoms with E-state index in [0.29, 0.717) is 33.3 Å². The topological polar surface area (TPSA) is 80.9 Å². The van der Waals surface area contributed by atoms with Gasteiger partial charge in [0, 0.05) is 5.56 Å². The van der Waals surface area contributed by atoms with Crippen molar-refractivity contribution in [3.8, 4) is 0 Å². The number of nitrogens with two attached hydrogens (primary N) is 1. The third kappa shape index (κ3) is 3.12. The highest BCUT2D eigenvalue weighted by Gasteiger charge is 2.16. The van der Waals surface area contributed by atoms with Crippen LogP contribution in [-0.4, -0.2) is 20.5 Å². The van der Waals surface area contributed by atoms with Crippen LogP contribution >= 0.6 is 35.4 Å². The van der Waals surface area contributed by atoms with E-state index in [1.165, 1.54) is 0 Å². The summed E-state index contributed by atoms with van der Waals surface area (Å²) in [5.74, 6) is -0.293. The molecule has 5 nitrogen and oxygen atoms in total. The zero-order chi connectivity index (χ0) is 14.7. The number of nitrogens with zero attached hydrogens (tertiary/aromatic N) is 2. The number of carbonyl (C=O) groups is 1. The van der Waals surface area contributed by atoms with E-state index < -0.39 is 0 Å². The number of halogens is 1. The number of nitrogens with one attached hydrogen (secondary N) is 1. The van der Waals surface area contributed by atoms with Gasteiger partial charge in [0.05, 0.1) is 16.4 Å². The molecule has 8 heteroatoms. The zero-order valence-corrected chi connectivity index (χ0v) is 12.9. The number of amides is 1. The first-order valence-electron chi connectivity index (χ1n) is 5.74. The van der Waals surface area contributed by atoms with Crippen molar-refractivity contribution in [2.24, 2.45) is 5.73 Å². The number of benzene rings is 1. The maximum atomic E-state index is 12.2. The Labute approximate surface area is 130 Å². The fourth-order valence-corrected chi connectivity index (χ4v) is 2.50. The molecule has 1 aromatic heterocycles. The predicted octanol–water partition coefficient (Wildman–Crippen LogP) is 2.64. The lowest BCUT2D eigenvalue weighted by atomic mass is 10.2. The molecule has 0 unspecified atom stereocenters. The molecule has 0 bridgehead atoms. The average molecular weight is 327 g/mol. The molecule has 0 saturated heterocycles. The Morgan fingerprint density at radius 2 is 2.30 bits per heavy atom. The van der Waals surface area contributed by atoms with Gasteiger partial charge in [-0.1, -0.05) is 41.3 Å². The molecule has 1 amide bonds. The van der Waals surface area contributed by atoms with Gasteiger partial charge in [-0.2, -0.15) is 0 Å². The molecule has 0 aliphatic rings. The van der Waals surface area contributed by atoms with E-state index >= 15 is 0 Å². The smallest absolute Gasteiger partial charge is 0.269 e. The number of rotatable bonds is 4. The van der Waals surface area contributed by atoms with Crippen molar-refractivity contribution in [2.45, 2.75) is 13.3 Å². The predicted molar refractivity (Wildman–Crippen MR) is 84.6 cm³/mol. The highest BCUT2D eigenvalue weighted by Crippen LogP contribution is 2.24. The summed E-state index contributed by atoms with van der Waals surface area (Å²) < 4.78 is 3.78. The first-order chi connectivity index (χ1) is 9.52. The van der Waals surface area contributed by atoms with Gasteiger partial charge in [-0.05, 0) is 30.1 Å². The summed E-state index contributed by atoms with van der Waals surface area (Å²) in [5, 5.41) is 7.04. The van der Waals surface area contributed by atoms with Crippen molar-refractivity contribution in [3.05, 3.63) is 39.4 Å². The molecule has 0 atom stereocenters. The second-order valence-corrected chi connectivity index (χ2v) is 5.52. The first-order valence-corrected chi connectivity index (χ1v) is 7.30. The molecule has 3 N–H and O–H groups in total. The van der Waals surface area contributed by atoms with Crippen molar-refractivity contribution in [1.82, 2.24) is 9.59 Å². The molecule has 0 fully saturated rings. The van der Waals surface area contributed by atoms with Gasteiger partial charge in [-0.15, -0.1) is 5.10 Å². The number of thiocarbonyl (C=S) groups is 1. The van der Waals surface area contributed by atoms with Crippen LogP contribution in [0.15, 0.2) is 18.2 Å². The van der Waals surface area contributed by atoms with Crippen molar-refractivity contribution in [1.29, 1.82) is 0 Å². The Balaban J connectivity index is 2.28. The minimum Gasteiger partial charge on any atom is -0.389 e. The first kappa shape index (κ1) is 14.8. The summed E-state index contributed by atoms with van der Waals surface area (Å²) in [6, 6.07) is 4.98. The molecule has 2 aromatic rings. The highest BCUT2D eigenvalue weighted by atomic mass is 35.5. The number of anilines is 1. The summed E-state index contributed by atoms with van der Waals surface area (Å²) in [6.45, 7) is 1.91. The zero-order valence-electron chi connectivity index (χ0n) is 10.5. The second kappa shape index (κ2) is 6.25. The minimum absolute atomic E-state index is 0.242. The Kier molecular flexibility index (Phi) is 4.64. The Morgan fingerprint density at radius 3 is 2.95 bits per heavy atom. The molecule has 2 rings (SSSR count). The monoisotopic (exact) mass is 326 g/mol. The molecule has 0 aliphatic carbocycles. The van der Waals surface area contributed by atoms with E-state index in [2.05, 4.69) is 14.9 Å². The largest absolute Gasteiger partial charge is 0.389 e. The molecule has 0 aliphatic heterocycles. The summed E-state index contributed by atoms with van der Waals surface area (Å²) >= 11 is 12.0. The van der Waals surface area contributed by atoms with E-state index in [9.17, 15) is 4.79 Å². The van der Waals surface area contributed by atoms with Crippen LogP contribution in [0.25, 0.3) is 0 Å². The maximum Gasteiger partial charge on any atom is 0.269 e. The van der Waals surface area contributed by atoms with Crippen molar-refractivity contribution in [3.63, 3.8) is 0 Å². The molecule has 104 valence electrons. The van der Waals surface area contributed by atoms with Crippen LogP contribution in [0.4, 0.5) is 5.69 Å². The summed E-state index contributed by atoms with van der Waals surface area (Å²) in [5.41, 5.74) is 7.32. The van der Waals surface area contributed by atoms with Gasteiger partial charge in [0.2, 0.25) is 0 Å². The van der Waals surface area contributed by atoms with Crippen LogP contribution in [0.3, 0.4) is 0 Å². The molecule has 0 radical (unpaired) electrons. The summed E-state index contributed by atoms with van der Waals surface area (Å²) in [4.78, 5) is 12.9. The number of carbonyl (C=O) groups excluding carboxylic acids is 1. The Morgan fingerprint density at radius 1 is 1.55 bits per heavy atom. The van der Waals surface area contributed by atoms with Gasteiger partial charge in [0.1, 0.15) is 9.87 Å². The molecule has 1 heterocycles. The van der Waals surface area contributed by atoms with Gasteiger partial charge in [0.25, 0.3) is 5.91 Å². The molecule has 20 heavy (non-hydrogen) atoms. The van der Waals surface area contributed by atoms with Crippen LogP contribution < -0.4 is 11.1 Å². The van der Waals surface area contributed by atoms with Crippen LogP contribution in [-0.2, 0) is 6.42 Å². The van der Waals surface area contributed by atoms with Crippen LogP contribution in [0.5, 0.6) is 0 Å². The number of hydrogen-bond acceptors (Lipinski definition) is 5. The third-order valence-corrected chi connectivity index (χ3v) is 3.93. The van der Waals surface area contributed by atoms with E-state index in [1.807, 2.05) is 6.92 Å². The fourth-order valence-electron chi connectivity index (χ4n) is 1.57. The fraction of sp³-hybridized carbons (Fsp3) is 0.167. The quantitative estimate of drug-likeness (QED) is 0.844. The standard InChI is InChI=1S/C12H11ClN4OS2/c1-2-8-10(20-17-16-8)12(18)15-9-5-6(11(14)19)3-4-7(9)13/h3-5H,2H2,1H3,(H2,14,19)(H,15,18). The van der Waals surface area contributed by atoms with Gasteiger partial charge >= 0.3 is 0 Å². The van der Waals surface area contributed by atoms with E-state index in [0.717, 1.165) is 11.5 Å². The lowest BCUT2D eigenvalue weighted by Crippen LogP contribution is -2.14. The minimum atomic E-state index is -0.293. The lowest BCUT2D eigenvalue weighted by molar-refractivity contribution is 0.102. The van der Waals surface area contributed by atoms with Gasteiger partial charge < -0.3 is 11.1 Å². The number of aromatic nitrogens is 2. The Hall–Kier alpha value is -1.57. The number of hydrogen-bond donors (Lipinski definition) is 2. The molecule has 0 saturated carbocycles. The normalized spacial score (nSPS) is 10.3. The van der Waals surface area contributed by atoms with Crippen molar-refractivity contribution in [2.75, 3.05) is 5.32 Å². The van der Waals surface area contributed by atoms with E-state index in [-0.39, 0.29) is 10.9 Å². The number of aryl methyl sites for hydroxylation is 1. The average Bonchev–Trinajstić information content (AvgIpc) is 2.89. The lowest BCUT2D eigenvalue weighted by Gasteiger charge is -2.08. The van der Waals surface area contributed by atoms with Gasteiger partial charge in [0.15, 0.2) is 0 Å². The highest BCUT2D eigenvalue weighted by molar-refractivity contribution is 7.80. The molecular formula is C12H11ClN4OS2. The Bertz CT molecular complexity index is 671. The SMILES string of the molecule is CCc1nnsc1C(=O)Nc1cc(C(N)=S)ccc1Cl. The summed E-state index contributed by atoms with van der Waals surface area (Å²) in [6.07, 6.45) is 0.639. The van der Waals surface area contributed by atoms with E-state index in [1.54, 1.807) is 18.2 Å². The van der Waals surface area contributed by atoms with Crippen LogP contribution in [0.1, 0.15) is 27.9 Å². The van der Waals surface area contributed by atoms with Crippen molar-refractivity contribution >= 4 is 51.9 Å². The van der Waals surface area contributed by atoms with Crippen LogP contribution in [0, 0.1) is 0 Å². The molecule has 0 spiro atoms. The van der Waals surface area contributed by atoms with Gasteiger partial charge in [-0.3, -0.25) is 4.79 Å². The van der Waals surface area contributed by atoms with E-state index in [4.69, 9.17) is 29.6 Å². The summed E-state index contributed by atoms with van der Waals surface area (Å²) in [7, 11) is 0. The van der Waals surface area contributed by atoms with Gasteiger partial charge in [-0.25, -0.2) is 0 Å². The molecular weight excluding hydrogens is 316 g/mol. The maximum absolute atomic E-state index is 12.2. The second-order valence-electron chi connectivity index (χ2n) is 3.92. The molecule has 1 aromatic carbocycles. The van der Waals surface area contributed by atoms with Crippen LogP contribution in [0.2, 0.25) is 5.02 Å².